The second-order valence-corrected chi connectivity index (χ2v) is 3.72. The fourth-order valence-electron chi connectivity index (χ4n) is 1.61. The predicted octanol–water partition coefficient (Wildman–Crippen LogP) is 1.69. The smallest absolute Gasteiger partial charge is 0.241 e. The summed E-state index contributed by atoms with van der Waals surface area (Å²) in [6, 6.07) is 11.8. The topological polar surface area (TPSA) is 46.9 Å². The van der Waals surface area contributed by atoms with Crippen LogP contribution in [0, 0.1) is 0 Å². The maximum Gasteiger partial charge on any atom is 0.241 e. The number of nitrogens with zero attached hydrogens (tertiary/aromatic N) is 2. The average Bonchev–Trinajstić information content (AvgIpc) is 2.79. The molecule has 0 unspecified atom stereocenters. The van der Waals surface area contributed by atoms with Crippen LogP contribution < -0.4 is 5.32 Å². The second kappa shape index (κ2) is 5.30. The van der Waals surface area contributed by atoms with Crippen LogP contribution in [0.25, 0.3) is 11.3 Å². The summed E-state index contributed by atoms with van der Waals surface area (Å²) in [6.07, 6.45) is 1.82. The van der Waals surface area contributed by atoms with Gasteiger partial charge >= 0.3 is 0 Å². The molecule has 1 N–H and O–H groups in total. The number of carbonyl (C=O) groups is 1. The molecule has 1 heterocycles. The molecule has 0 fully saturated rings. The first kappa shape index (κ1) is 11.4. The number of benzene rings is 1. The van der Waals surface area contributed by atoms with Crippen molar-refractivity contribution >= 4 is 5.91 Å². The summed E-state index contributed by atoms with van der Waals surface area (Å²) < 4.78 is 1.65. The van der Waals surface area contributed by atoms with Gasteiger partial charge in [-0.2, -0.15) is 5.10 Å². The van der Waals surface area contributed by atoms with Crippen molar-refractivity contribution in [1.82, 2.24) is 15.1 Å². The SMILES string of the molecule is CCNC(=O)Cn1ccc(-c2ccccc2)n1. The van der Waals surface area contributed by atoms with Gasteiger partial charge in [0.05, 0.1) is 5.69 Å². The standard InChI is InChI=1S/C13H15N3O/c1-2-14-13(17)10-16-9-8-12(15-16)11-6-4-3-5-7-11/h3-9H,2,10H2,1H3,(H,14,17). The van der Waals surface area contributed by atoms with Gasteiger partial charge in [-0.05, 0) is 13.0 Å². The Morgan fingerprint density at radius 1 is 1.29 bits per heavy atom. The van der Waals surface area contributed by atoms with E-state index in [1.165, 1.54) is 0 Å². The Bertz CT molecular complexity index is 490. The first-order chi connectivity index (χ1) is 8.29. The fourth-order valence-corrected chi connectivity index (χ4v) is 1.61. The lowest BCUT2D eigenvalue weighted by Gasteiger charge is -2.01. The minimum atomic E-state index is -0.0183. The molecule has 4 nitrogen and oxygen atoms in total. The molecule has 0 aliphatic rings. The third kappa shape index (κ3) is 2.93. The molecule has 0 radical (unpaired) electrons. The van der Waals surface area contributed by atoms with Gasteiger partial charge in [0.2, 0.25) is 5.91 Å². The molecule has 2 aromatic rings. The van der Waals surface area contributed by atoms with Crippen LogP contribution in [-0.4, -0.2) is 22.2 Å². The van der Waals surface area contributed by atoms with Crippen LogP contribution in [0.3, 0.4) is 0 Å². The maximum atomic E-state index is 11.4. The Morgan fingerprint density at radius 2 is 2.06 bits per heavy atom. The Morgan fingerprint density at radius 3 is 2.76 bits per heavy atom. The van der Waals surface area contributed by atoms with Crippen molar-refractivity contribution < 1.29 is 4.79 Å². The zero-order chi connectivity index (χ0) is 12.1. The van der Waals surface area contributed by atoms with Gasteiger partial charge in [-0.3, -0.25) is 9.48 Å². The number of nitrogens with one attached hydrogen (secondary N) is 1. The van der Waals surface area contributed by atoms with Gasteiger partial charge in [-0.25, -0.2) is 0 Å². The number of hydrogen-bond donors (Lipinski definition) is 1. The number of hydrogen-bond acceptors (Lipinski definition) is 2. The minimum Gasteiger partial charge on any atom is -0.355 e. The molecule has 1 aromatic heterocycles. The van der Waals surface area contributed by atoms with Gasteiger partial charge < -0.3 is 5.32 Å². The molecule has 17 heavy (non-hydrogen) atoms. The van der Waals surface area contributed by atoms with E-state index in [1.54, 1.807) is 4.68 Å². The van der Waals surface area contributed by atoms with Gasteiger partial charge in [0.15, 0.2) is 0 Å². The Hall–Kier alpha value is -2.10. The van der Waals surface area contributed by atoms with Crippen molar-refractivity contribution in [2.75, 3.05) is 6.54 Å². The lowest BCUT2D eigenvalue weighted by Crippen LogP contribution is -2.27. The highest BCUT2D eigenvalue weighted by atomic mass is 16.2. The van der Waals surface area contributed by atoms with Gasteiger partial charge in [0.1, 0.15) is 6.54 Å². The number of likely N-dealkylation sites (N-methyl/N-ethyl adjacent to an activating group) is 1. The predicted molar refractivity (Wildman–Crippen MR) is 66.3 cm³/mol. The monoisotopic (exact) mass is 229 g/mol. The molecule has 0 saturated carbocycles. The number of carbonyl (C=O) groups excluding carboxylic acids is 1. The molecule has 0 bridgehead atoms. The molecule has 0 aliphatic carbocycles. The van der Waals surface area contributed by atoms with Crippen LogP contribution in [0.5, 0.6) is 0 Å². The van der Waals surface area contributed by atoms with E-state index in [4.69, 9.17) is 0 Å². The first-order valence-corrected chi connectivity index (χ1v) is 5.65. The van der Waals surface area contributed by atoms with Gasteiger partial charge in [0.25, 0.3) is 0 Å². The highest BCUT2D eigenvalue weighted by molar-refractivity contribution is 5.75. The summed E-state index contributed by atoms with van der Waals surface area (Å²) in [5, 5.41) is 7.10. The van der Waals surface area contributed by atoms with E-state index in [9.17, 15) is 4.79 Å². The van der Waals surface area contributed by atoms with E-state index >= 15 is 0 Å². The molecule has 1 amide bonds. The summed E-state index contributed by atoms with van der Waals surface area (Å²) in [6.45, 7) is 2.81. The Kier molecular flexibility index (Phi) is 3.55. The molecular weight excluding hydrogens is 214 g/mol. The van der Waals surface area contributed by atoms with Crippen LogP contribution in [0.4, 0.5) is 0 Å². The van der Waals surface area contributed by atoms with E-state index in [1.807, 2.05) is 49.5 Å². The van der Waals surface area contributed by atoms with Gasteiger partial charge in [-0.1, -0.05) is 30.3 Å². The van der Waals surface area contributed by atoms with Crippen molar-refractivity contribution in [1.29, 1.82) is 0 Å². The minimum absolute atomic E-state index is 0.0183. The lowest BCUT2D eigenvalue weighted by molar-refractivity contribution is -0.121. The van der Waals surface area contributed by atoms with Crippen molar-refractivity contribution in [3.63, 3.8) is 0 Å². The third-order valence-corrected chi connectivity index (χ3v) is 2.39. The first-order valence-electron chi connectivity index (χ1n) is 5.65. The zero-order valence-corrected chi connectivity index (χ0v) is 9.76. The zero-order valence-electron chi connectivity index (χ0n) is 9.76. The molecule has 88 valence electrons. The van der Waals surface area contributed by atoms with Crippen molar-refractivity contribution in [2.24, 2.45) is 0 Å². The molecule has 0 aliphatic heterocycles. The Labute approximate surface area is 100 Å². The number of rotatable bonds is 4. The summed E-state index contributed by atoms with van der Waals surface area (Å²) in [5.41, 5.74) is 1.94. The molecule has 0 saturated heterocycles. The highest BCUT2D eigenvalue weighted by Gasteiger charge is 2.04. The molecule has 0 spiro atoms. The second-order valence-electron chi connectivity index (χ2n) is 3.72. The van der Waals surface area contributed by atoms with Crippen LogP contribution in [0.1, 0.15) is 6.92 Å². The van der Waals surface area contributed by atoms with E-state index in [2.05, 4.69) is 10.4 Å². The van der Waals surface area contributed by atoms with E-state index in [-0.39, 0.29) is 12.5 Å². The average molecular weight is 229 g/mol. The van der Waals surface area contributed by atoms with Crippen LogP contribution in [0.15, 0.2) is 42.6 Å². The van der Waals surface area contributed by atoms with E-state index < -0.39 is 0 Å². The summed E-state index contributed by atoms with van der Waals surface area (Å²) in [5.74, 6) is -0.0183. The highest BCUT2D eigenvalue weighted by Crippen LogP contribution is 2.15. The van der Waals surface area contributed by atoms with Gasteiger partial charge in [-0.15, -0.1) is 0 Å². The van der Waals surface area contributed by atoms with Crippen molar-refractivity contribution in [2.45, 2.75) is 13.5 Å². The summed E-state index contributed by atoms with van der Waals surface area (Å²) >= 11 is 0. The molecule has 1 aromatic carbocycles. The van der Waals surface area contributed by atoms with E-state index in [0.717, 1.165) is 11.3 Å². The normalized spacial score (nSPS) is 10.2. The number of amides is 1. The Balaban J connectivity index is 2.09. The maximum absolute atomic E-state index is 11.4. The van der Waals surface area contributed by atoms with Crippen molar-refractivity contribution in [3.05, 3.63) is 42.6 Å². The molecular formula is C13H15N3O. The third-order valence-electron chi connectivity index (χ3n) is 2.39. The molecule has 2 rings (SSSR count). The van der Waals surface area contributed by atoms with E-state index in [0.29, 0.717) is 6.54 Å². The summed E-state index contributed by atoms with van der Waals surface area (Å²) in [4.78, 5) is 11.4. The molecule has 0 atom stereocenters. The van der Waals surface area contributed by atoms with Crippen LogP contribution in [0.2, 0.25) is 0 Å². The summed E-state index contributed by atoms with van der Waals surface area (Å²) in [7, 11) is 0. The fraction of sp³-hybridized carbons (Fsp3) is 0.231. The molecule has 4 heteroatoms. The largest absolute Gasteiger partial charge is 0.355 e. The number of aromatic nitrogens is 2. The van der Waals surface area contributed by atoms with Crippen molar-refractivity contribution in [3.8, 4) is 11.3 Å². The quantitative estimate of drug-likeness (QED) is 0.867. The van der Waals surface area contributed by atoms with Crippen LogP contribution >= 0.6 is 0 Å². The van der Waals surface area contributed by atoms with Gasteiger partial charge in [0, 0.05) is 18.3 Å². The van der Waals surface area contributed by atoms with Crippen LogP contribution in [-0.2, 0) is 11.3 Å². The lowest BCUT2D eigenvalue weighted by atomic mass is 10.2.